The van der Waals surface area contributed by atoms with E-state index in [4.69, 9.17) is 4.74 Å². The SMILES string of the molecule is CC(O)c1cccc(OCC2CCCc3ccccc32)c1. The molecule has 0 aliphatic heterocycles. The Balaban J connectivity index is 1.70. The molecule has 3 rings (SSSR count). The van der Waals surface area contributed by atoms with Gasteiger partial charge in [-0.2, -0.15) is 0 Å². The lowest BCUT2D eigenvalue weighted by molar-refractivity contribution is 0.198. The number of hydrogen-bond acceptors (Lipinski definition) is 2. The van der Waals surface area contributed by atoms with E-state index in [1.807, 2.05) is 24.3 Å². The number of ether oxygens (including phenoxy) is 1. The number of aliphatic hydroxyl groups excluding tert-OH is 1. The van der Waals surface area contributed by atoms with Crippen LogP contribution in [-0.2, 0) is 6.42 Å². The van der Waals surface area contributed by atoms with Gasteiger partial charge in [0.05, 0.1) is 12.7 Å². The Morgan fingerprint density at radius 3 is 2.90 bits per heavy atom. The van der Waals surface area contributed by atoms with Crippen LogP contribution < -0.4 is 4.74 Å². The van der Waals surface area contributed by atoms with Crippen LogP contribution >= 0.6 is 0 Å². The van der Waals surface area contributed by atoms with Crippen molar-refractivity contribution in [1.29, 1.82) is 0 Å². The third kappa shape index (κ3) is 3.27. The standard InChI is InChI=1S/C19H22O2/c1-14(20)16-8-5-10-18(12-16)21-13-17-9-4-7-15-6-2-3-11-19(15)17/h2-3,5-6,8,10-12,14,17,20H,4,7,9,13H2,1H3. The van der Waals surface area contributed by atoms with Gasteiger partial charge in [0.15, 0.2) is 0 Å². The lowest BCUT2D eigenvalue weighted by atomic mass is 9.83. The number of aryl methyl sites for hydroxylation is 1. The molecule has 21 heavy (non-hydrogen) atoms. The summed E-state index contributed by atoms with van der Waals surface area (Å²) in [7, 11) is 0. The van der Waals surface area contributed by atoms with Gasteiger partial charge in [0.25, 0.3) is 0 Å². The van der Waals surface area contributed by atoms with E-state index in [9.17, 15) is 5.11 Å². The van der Waals surface area contributed by atoms with E-state index in [0.29, 0.717) is 12.5 Å². The first kappa shape index (κ1) is 14.2. The van der Waals surface area contributed by atoms with Crippen LogP contribution in [0.4, 0.5) is 0 Å². The molecule has 2 atom stereocenters. The first-order chi connectivity index (χ1) is 10.2. The summed E-state index contributed by atoms with van der Waals surface area (Å²) >= 11 is 0. The number of aliphatic hydroxyl groups is 1. The van der Waals surface area contributed by atoms with Crippen molar-refractivity contribution in [3.8, 4) is 5.75 Å². The van der Waals surface area contributed by atoms with Crippen molar-refractivity contribution in [2.75, 3.05) is 6.61 Å². The predicted molar refractivity (Wildman–Crippen MR) is 84.7 cm³/mol. The second-order valence-corrected chi connectivity index (χ2v) is 5.85. The second kappa shape index (κ2) is 6.31. The van der Waals surface area contributed by atoms with E-state index in [1.54, 1.807) is 6.92 Å². The molecular formula is C19H22O2. The van der Waals surface area contributed by atoms with E-state index in [-0.39, 0.29) is 0 Å². The summed E-state index contributed by atoms with van der Waals surface area (Å²) in [5.41, 5.74) is 3.81. The van der Waals surface area contributed by atoms with Gasteiger partial charge in [0.2, 0.25) is 0 Å². The van der Waals surface area contributed by atoms with Crippen LogP contribution in [-0.4, -0.2) is 11.7 Å². The lowest BCUT2D eigenvalue weighted by Gasteiger charge is -2.25. The summed E-state index contributed by atoms with van der Waals surface area (Å²) in [5.74, 6) is 1.32. The van der Waals surface area contributed by atoms with Crippen molar-refractivity contribution in [3.05, 3.63) is 65.2 Å². The minimum Gasteiger partial charge on any atom is -0.493 e. The van der Waals surface area contributed by atoms with Crippen molar-refractivity contribution in [3.63, 3.8) is 0 Å². The van der Waals surface area contributed by atoms with Crippen molar-refractivity contribution in [1.82, 2.24) is 0 Å². The molecule has 1 N–H and O–H groups in total. The fraction of sp³-hybridized carbons (Fsp3) is 0.368. The van der Waals surface area contributed by atoms with Gasteiger partial charge in [-0.05, 0) is 55.0 Å². The number of hydrogen-bond donors (Lipinski definition) is 1. The van der Waals surface area contributed by atoms with Crippen LogP contribution in [0.3, 0.4) is 0 Å². The molecule has 1 aliphatic rings. The molecule has 2 aromatic carbocycles. The largest absolute Gasteiger partial charge is 0.493 e. The Morgan fingerprint density at radius 2 is 2.05 bits per heavy atom. The Kier molecular flexibility index (Phi) is 4.26. The number of fused-ring (bicyclic) bond motifs is 1. The summed E-state index contributed by atoms with van der Waals surface area (Å²) < 4.78 is 5.98. The highest BCUT2D eigenvalue weighted by Crippen LogP contribution is 2.32. The summed E-state index contributed by atoms with van der Waals surface area (Å²) in [5, 5.41) is 9.64. The van der Waals surface area contributed by atoms with E-state index < -0.39 is 6.10 Å². The zero-order chi connectivity index (χ0) is 14.7. The Hall–Kier alpha value is -1.80. The molecule has 0 fully saturated rings. The molecule has 0 aromatic heterocycles. The molecule has 0 spiro atoms. The maximum absolute atomic E-state index is 9.64. The van der Waals surface area contributed by atoms with E-state index >= 15 is 0 Å². The normalized spacial score (nSPS) is 18.9. The summed E-state index contributed by atoms with van der Waals surface area (Å²) in [6, 6.07) is 16.4. The van der Waals surface area contributed by atoms with Crippen molar-refractivity contribution >= 4 is 0 Å². The monoisotopic (exact) mass is 282 g/mol. The minimum atomic E-state index is -0.455. The Morgan fingerprint density at radius 1 is 1.19 bits per heavy atom. The first-order valence-electron chi connectivity index (χ1n) is 7.72. The Bertz CT molecular complexity index is 604. The molecule has 0 amide bonds. The topological polar surface area (TPSA) is 29.5 Å². The molecule has 2 unspecified atom stereocenters. The molecule has 2 nitrogen and oxygen atoms in total. The molecule has 0 radical (unpaired) electrons. The highest BCUT2D eigenvalue weighted by molar-refractivity contribution is 5.33. The van der Waals surface area contributed by atoms with Crippen LogP contribution in [0.1, 0.15) is 48.5 Å². The van der Waals surface area contributed by atoms with Crippen LogP contribution in [0, 0.1) is 0 Å². The van der Waals surface area contributed by atoms with Gasteiger partial charge in [-0.3, -0.25) is 0 Å². The average molecular weight is 282 g/mol. The second-order valence-electron chi connectivity index (χ2n) is 5.85. The molecule has 110 valence electrons. The zero-order valence-electron chi connectivity index (χ0n) is 12.5. The minimum absolute atomic E-state index is 0.455. The van der Waals surface area contributed by atoms with Crippen LogP contribution in [0.2, 0.25) is 0 Å². The van der Waals surface area contributed by atoms with E-state index in [2.05, 4.69) is 24.3 Å². The summed E-state index contributed by atoms with van der Waals surface area (Å²) in [6.45, 7) is 2.48. The average Bonchev–Trinajstić information content (AvgIpc) is 2.53. The van der Waals surface area contributed by atoms with Crippen molar-refractivity contribution in [2.24, 2.45) is 0 Å². The van der Waals surface area contributed by atoms with Crippen molar-refractivity contribution < 1.29 is 9.84 Å². The van der Waals surface area contributed by atoms with Crippen LogP contribution in [0.15, 0.2) is 48.5 Å². The molecule has 2 aromatic rings. The van der Waals surface area contributed by atoms with Gasteiger partial charge in [0.1, 0.15) is 5.75 Å². The number of benzene rings is 2. The van der Waals surface area contributed by atoms with Crippen LogP contribution in [0.5, 0.6) is 5.75 Å². The lowest BCUT2D eigenvalue weighted by Crippen LogP contribution is -2.16. The number of rotatable bonds is 4. The summed E-state index contributed by atoms with van der Waals surface area (Å²) in [4.78, 5) is 0. The van der Waals surface area contributed by atoms with Gasteiger partial charge in [-0.1, -0.05) is 36.4 Å². The molecule has 0 saturated heterocycles. The third-order valence-electron chi connectivity index (χ3n) is 4.29. The smallest absolute Gasteiger partial charge is 0.119 e. The molecule has 0 bridgehead atoms. The van der Waals surface area contributed by atoms with Crippen LogP contribution in [0.25, 0.3) is 0 Å². The maximum atomic E-state index is 9.64. The highest BCUT2D eigenvalue weighted by atomic mass is 16.5. The van der Waals surface area contributed by atoms with Gasteiger partial charge < -0.3 is 9.84 Å². The maximum Gasteiger partial charge on any atom is 0.119 e. The van der Waals surface area contributed by atoms with Gasteiger partial charge in [-0.25, -0.2) is 0 Å². The Labute approximate surface area is 126 Å². The molecule has 0 heterocycles. The third-order valence-corrected chi connectivity index (χ3v) is 4.29. The summed E-state index contributed by atoms with van der Waals surface area (Å²) in [6.07, 6.45) is 3.15. The van der Waals surface area contributed by atoms with E-state index in [0.717, 1.165) is 11.3 Å². The molecule has 0 saturated carbocycles. The molecule has 1 aliphatic carbocycles. The zero-order valence-corrected chi connectivity index (χ0v) is 12.5. The van der Waals surface area contributed by atoms with Crippen molar-refractivity contribution in [2.45, 2.75) is 38.2 Å². The highest BCUT2D eigenvalue weighted by Gasteiger charge is 2.20. The molecule has 2 heteroatoms. The fourth-order valence-corrected chi connectivity index (χ4v) is 3.09. The quantitative estimate of drug-likeness (QED) is 0.909. The molecular weight excluding hydrogens is 260 g/mol. The van der Waals surface area contributed by atoms with Gasteiger partial charge >= 0.3 is 0 Å². The van der Waals surface area contributed by atoms with Gasteiger partial charge in [0, 0.05) is 5.92 Å². The first-order valence-corrected chi connectivity index (χ1v) is 7.72. The van der Waals surface area contributed by atoms with Gasteiger partial charge in [-0.15, -0.1) is 0 Å². The predicted octanol–water partition coefficient (Wildman–Crippen LogP) is 4.24. The van der Waals surface area contributed by atoms with E-state index in [1.165, 1.54) is 30.4 Å². The fourth-order valence-electron chi connectivity index (χ4n) is 3.09.